The van der Waals surface area contributed by atoms with Crippen molar-refractivity contribution in [2.45, 2.75) is 18.9 Å². The predicted molar refractivity (Wildman–Crippen MR) is 62.2 cm³/mol. The van der Waals surface area contributed by atoms with Gasteiger partial charge < -0.3 is 10.2 Å². The fourth-order valence-corrected chi connectivity index (χ4v) is 2.33. The Morgan fingerprint density at radius 1 is 1.39 bits per heavy atom. The predicted octanol–water partition coefficient (Wildman–Crippen LogP) is 1.08. The summed E-state index contributed by atoms with van der Waals surface area (Å²) in [7, 11) is 0. The maximum absolute atomic E-state index is 11.0. The van der Waals surface area contributed by atoms with Gasteiger partial charge in [-0.15, -0.1) is 0 Å². The molecule has 1 aromatic rings. The lowest BCUT2D eigenvalue weighted by Gasteiger charge is -2.16. The second-order valence-corrected chi connectivity index (χ2v) is 4.42. The van der Waals surface area contributed by atoms with Crippen molar-refractivity contribution >= 4 is 12.1 Å². The van der Waals surface area contributed by atoms with Crippen LogP contribution in [0.5, 0.6) is 0 Å². The molecule has 1 aromatic heterocycles. The van der Waals surface area contributed by atoms with Crippen molar-refractivity contribution in [3.63, 3.8) is 0 Å². The highest BCUT2D eigenvalue weighted by Crippen LogP contribution is 2.26. The molecule has 0 aromatic carbocycles. The lowest BCUT2D eigenvalue weighted by Crippen LogP contribution is -2.39. The third-order valence-electron chi connectivity index (χ3n) is 3.14. The fourth-order valence-electron chi connectivity index (χ4n) is 2.33. The van der Waals surface area contributed by atoms with Gasteiger partial charge in [0.25, 0.3) is 0 Å². The molecule has 1 fully saturated rings. The minimum atomic E-state index is -1.18. The highest BCUT2D eigenvalue weighted by atomic mass is 16.4. The van der Waals surface area contributed by atoms with E-state index >= 15 is 0 Å². The molecule has 0 radical (unpaired) electrons. The van der Waals surface area contributed by atoms with E-state index in [1.54, 1.807) is 6.20 Å². The molecule has 0 aliphatic carbocycles. The molecule has 2 N–H and O–H groups in total. The molecule has 2 atom stereocenters. The summed E-state index contributed by atoms with van der Waals surface area (Å²) in [4.78, 5) is 27.1. The average molecular weight is 250 g/mol. The van der Waals surface area contributed by atoms with Crippen LogP contribution in [0.25, 0.3) is 0 Å². The van der Waals surface area contributed by atoms with E-state index in [0.29, 0.717) is 12.8 Å². The van der Waals surface area contributed by atoms with Crippen molar-refractivity contribution in [1.29, 1.82) is 0 Å². The van der Waals surface area contributed by atoms with E-state index in [-0.39, 0.29) is 12.5 Å². The van der Waals surface area contributed by atoms with E-state index in [0.717, 1.165) is 10.6 Å². The third kappa shape index (κ3) is 2.58. The summed E-state index contributed by atoms with van der Waals surface area (Å²) in [5, 5.41) is 18.0. The van der Waals surface area contributed by atoms with Crippen LogP contribution in [0.15, 0.2) is 24.4 Å². The molecule has 2 rings (SSSR count). The second-order valence-electron chi connectivity index (χ2n) is 4.42. The van der Waals surface area contributed by atoms with E-state index in [1.807, 2.05) is 18.2 Å². The molecular weight excluding hydrogens is 236 g/mol. The number of carboxylic acids is 1. The minimum absolute atomic E-state index is 0.0112. The monoisotopic (exact) mass is 250 g/mol. The smallest absolute Gasteiger partial charge is 0.408 e. The molecule has 1 saturated heterocycles. The summed E-state index contributed by atoms with van der Waals surface area (Å²) in [5.41, 5.74) is 0.860. The zero-order valence-electron chi connectivity index (χ0n) is 9.69. The van der Waals surface area contributed by atoms with Gasteiger partial charge in [0, 0.05) is 18.4 Å². The molecule has 0 bridgehead atoms. The third-order valence-corrected chi connectivity index (χ3v) is 3.14. The first-order valence-corrected chi connectivity index (χ1v) is 5.70. The Kier molecular flexibility index (Phi) is 3.45. The molecule has 1 aliphatic rings. The highest BCUT2D eigenvalue weighted by molar-refractivity contribution is 5.80. The molecule has 1 amide bonds. The highest BCUT2D eigenvalue weighted by Gasteiger charge is 2.39. The van der Waals surface area contributed by atoms with E-state index in [1.165, 1.54) is 0 Å². The molecule has 6 heteroatoms. The first kappa shape index (κ1) is 12.3. The molecule has 0 saturated carbocycles. The Morgan fingerprint density at radius 3 is 2.67 bits per heavy atom. The summed E-state index contributed by atoms with van der Waals surface area (Å²) in [6.45, 7) is 0.253. The number of aromatic nitrogens is 1. The van der Waals surface area contributed by atoms with Crippen LogP contribution in [0.1, 0.15) is 12.1 Å². The summed E-state index contributed by atoms with van der Waals surface area (Å²) in [6, 6.07) is 4.60. The Morgan fingerprint density at radius 2 is 2.17 bits per heavy atom. The van der Waals surface area contributed by atoms with Gasteiger partial charge in [0.1, 0.15) is 6.04 Å². The van der Waals surface area contributed by atoms with Crippen LogP contribution in [-0.4, -0.2) is 44.7 Å². The molecule has 1 aliphatic heterocycles. The summed E-state index contributed by atoms with van der Waals surface area (Å²) in [6.07, 6.45) is 1.45. The van der Waals surface area contributed by atoms with Gasteiger partial charge in [-0.1, -0.05) is 6.07 Å². The van der Waals surface area contributed by atoms with Crippen molar-refractivity contribution in [2.24, 2.45) is 5.92 Å². The topological polar surface area (TPSA) is 90.7 Å². The number of aliphatic carboxylic acids is 1. The van der Waals surface area contributed by atoms with E-state index in [4.69, 9.17) is 10.2 Å². The Hall–Kier alpha value is -2.11. The van der Waals surface area contributed by atoms with Gasteiger partial charge in [0.15, 0.2) is 0 Å². The van der Waals surface area contributed by atoms with Gasteiger partial charge in [-0.2, -0.15) is 0 Å². The number of likely N-dealkylation sites (tertiary alicyclic amines) is 1. The SMILES string of the molecule is O=C(O)[C@@H]1CC(Cc2ccccn2)CN1C(=O)O. The van der Waals surface area contributed by atoms with E-state index in [9.17, 15) is 9.59 Å². The lowest BCUT2D eigenvalue weighted by atomic mass is 9.99. The van der Waals surface area contributed by atoms with Crippen LogP contribution >= 0.6 is 0 Å². The maximum atomic E-state index is 11.0. The number of amides is 1. The molecular formula is C12H14N2O4. The van der Waals surface area contributed by atoms with Crippen molar-refractivity contribution in [2.75, 3.05) is 6.54 Å². The normalized spacial score (nSPS) is 23.0. The van der Waals surface area contributed by atoms with E-state index < -0.39 is 18.1 Å². The van der Waals surface area contributed by atoms with Gasteiger partial charge in [0.05, 0.1) is 0 Å². The number of rotatable bonds is 3. The van der Waals surface area contributed by atoms with Crippen molar-refractivity contribution < 1.29 is 19.8 Å². The lowest BCUT2D eigenvalue weighted by molar-refractivity contribution is -0.141. The van der Waals surface area contributed by atoms with Gasteiger partial charge in [-0.25, -0.2) is 9.59 Å². The largest absolute Gasteiger partial charge is 0.480 e. The Labute approximate surface area is 104 Å². The Balaban J connectivity index is 2.05. The number of hydrogen-bond acceptors (Lipinski definition) is 3. The van der Waals surface area contributed by atoms with Crippen LogP contribution in [0, 0.1) is 5.92 Å². The Bertz CT molecular complexity index is 427. The quantitative estimate of drug-likeness (QED) is 0.837. The van der Waals surface area contributed by atoms with Crippen LogP contribution in [0.3, 0.4) is 0 Å². The summed E-state index contributed by atoms with van der Waals surface area (Å²) >= 11 is 0. The van der Waals surface area contributed by atoms with Crippen molar-refractivity contribution in [3.8, 4) is 0 Å². The molecule has 18 heavy (non-hydrogen) atoms. The summed E-state index contributed by atoms with van der Waals surface area (Å²) < 4.78 is 0. The number of pyridine rings is 1. The molecule has 96 valence electrons. The number of nitrogens with zero attached hydrogens (tertiary/aromatic N) is 2. The zero-order valence-corrected chi connectivity index (χ0v) is 9.69. The van der Waals surface area contributed by atoms with Gasteiger partial charge in [-0.05, 0) is 30.9 Å². The molecule has 0 spiro atoms. The van der Waals surface area contributed by atoms with Crippen LogP contribution in [0.2, 0.25) is 0 Å². The summed E-state index contributed by atoms with van der Waals surface area (Å²) in [5.74, 6) is -1.07. The fraction of sp³-hybridized carbons (Fsp3) is 0.417. The van der Waals surface area contributed by atoms with Crippen LogP contribution in [-0.2, 0) is 11.2 Å². The average Bonchev–Trinajstić information content (AvgIpc) is 2.74. The first-order chi connectivity index (χ1) is 8.58. The van der Waals surface area contributed by atoms with E-state index in [2.05, 4.69) is 4.98 Å². The molecule has 6 nitrogen and oxygen atoms in total. The van der Waals surface area contributed by atoms with Gasteiger partial charge in [-0.3, -0.25) is 9.88 Å². The van der Waals surface area contributed by atoms with Crippen molar-refractivity contribution in [3.05, 3.63) is 30.1 Å². The number of hydrogen-bond donors (Lipinski definition) is 2. The van der Waals surface area contributed by atoms with Gasteiger partial charge in [0.2, 0.25) is 0 Å². The molecule has 1 unspecified atom stereocenters. The molecule has 2 heterocycles. The zero-order chi connectivity index (χ0) is 13.1. The second kappa shape index (κ2) is 5.03. The van der Waals surface area contributed by atoms with Crippen LogP contribution < -0.4 is 0 Å². The number of carbonyl (C=O) groups is 2. The van der Waals surface area contributed by atoms with Crippen molar-refractivity contribution in [1.82, 2.24) is 9.88 Å². The first-order valence-electron chi connectivity index (χ1n) is 5.70. The maximum Gasteiger partial charge on any atom is 0.408 e. The number of carboxylic acid groups (broad SMARTS) is 2. The van der Waals surface area contributed by atoms with Crippen LogP contribution in [0.4, 0.5) is 4.79 Å². The minimum Gasteiger partial charge on any atom is -0.480 e. The van der Waals surface area contributed by atoms with Gasteiger partial charge >= 0.3 is 12.1 Å². The standard InChI is InChI=1S/C12H14N2O4/c15-11(16)10-6-8(7-14(10)12(17)18)5-9-3-1-2-4-13-9/h1-4,8,10H,5-7H2,(H,15,16)(H,17,18)/t8?,10-/m0/s1.